The average Bonchev–Trinajstić information content (AvgIpc) is 2.25. The molecule has 0 spiro atoms. The van der Waals surface area contributed by atoms with Crippen molar-refractivity contribution in [3.05, 3.63) is 0 Å². The summed E-state index contributed by atoms with van der Waals surface area (Å²) in [6.07, 6.45) is 5.26. The van der Waals surface area contributed by atoms with Crippen LogP contribution in [0.3, 0.4) is 0 Å². The highest BCUT2D eigenvalue weighted by atomic mass is 32.2. The second kappa shape index (κ2) is 5.24. The summed E-state index contributed by atoms with van der Waals surface area (Å²) in [5.74, 6) is 3.01. The molecule has 1 aliphatic heterocycles. The molecule has 2 rings (SSSR count). The van der Waals surface area contributed by atoms with Crippen LogP contribution in [0.25, 0.3) is 0 Å². The Labute approximate surface area is 97.3 Å². The van der Waals surface area contributed by atoms with Gasteiger partial charge in [-0.1, -0.05) is 25.6 Å². The SMILES string of the molecule is CC1CCC(NC2=NCCCS2)CC1C. The molecule has 0 aromatic rings. The van der Waals surface area contributed by atoms with E-state index in [2.05, 4.69) is 24.2 Å². The van der Waals surface area contributed by atoms with E-state index in [0.29, 0.717) is 6.04 Å². The van der Waals surface area contributed by atoms with E-state index in [4.69, 9.17) is 0 Å². The molecule has 2 nitrogen and oxygen atoms in total. The molecule has 1 aliphatic carbocycles. The molecule has 3 atom stereocenters. The van der Waals surface area contributed by atoms with Gasteiger partial charge in [-0.2, -0.15) is 0 Å². The van der Waals surface area contributed by atoms with Crippen molar-refractivity contribution in [1.82, 2.24) is 5.32 Å². The first-order valence-corrected chi connectivity index (χ1v) is 7.18. The van der Waals surface area contributed by atoms with E-state index in [1.54, 1.807) is 0 Å². The van der Waals surface area contributed by atoms with Crippen LogP contribution in [0.2, 0.25) is 0 Å². The molecule has 3 unspecified atom stereocenters. The van der Waals surface area contributed by atoms with E-state index in [9.17, 15) is 0 Å². The number of thioether (sulfide) groups is 1. The average molecular weight is 226 g/mol. The molecule has 86 valence electrons. The van der Waals surface area contributed by atoms with Crippen LogP contribution in [0.5, 0.6) is 0 Å². The highest BCUT2D eigenvalue weighted by Crippen LogP contribution is 2.29. The van der Waals surface area contributed by atoms with E-state index < -0.39 is 0 Å². The van der Waals surface area contributed by atoms with Gasteiger partial charge >= 0.3 is 0 Å². The predicted octanol–water partition coefficient (Wildman–Crippen LogP) is 2.89. The van der Waals surface area contributed by atoms with Crippen molar-refractivity contribution in [2.75, 3.05) is 12.3 Å². The number of rotatable bonds is 1. The second-order valence-corrected chi connectivity index (χ2v) is 6.08. The van der Waals surface area contributed by atoms with E-state index in [0.717, 1.165) is 18.4 Å². The zero-order valence-electron chi connectivity index (χ0n) is 9.83. The summed E-state index contributed by atoms with van der Waals surface area (Å²) in [5.41, 5.74) is 0. The lowest BCUT2D eigenvalue weighted by Crippen LogP contribution is -2.39. The van der Waals surface area contributed by atoms with Gasteiger partial charge in [-0.25, -0.2) is 0 Å². The van der Waals surface area contributed by atoms with Gasteiger partial charge < -0.3 is 5.32 Å². The Morgan fingerprint density at radius 1 is 1.27 bits per heavy atom. The van der Waals surface area contributed by atoms with Crippen LogP contribution in [-0.2, 0) is 0 Å². The molecule has 1 heterocycles. The first-order chi connectivity index (χ1) is 7.25. The van der Waals surface area contributed by atoms with E-state index in [1.807, 2.05) is 11.8 Å². The van der Waals surface area contributed by atoms with Gasteiger partial charge in [0.2, 0.25) is 0 Å². The first kappa shape index (κ1) is 11.3. The van der Waals surface area contributed by atoms with E-state index in [-0.39, 0.29) is 0 Å². The van der Waals surface area contributed by atoms with Crippen LogP contribution in [-0.4, -0.2) is 23.5 Å². The largest absolute Gasteiger partial charge is 0.362 e. The van der Waals surface area contributed by atoms with Gasteiger partial charge in [-0.3, -0.25) is 4.99 Å². The number of hydrogen-bond donors (Lipinski definition) is 1. The van der Waals surface area contributed by atoms with Crippen molar-refractivity contribution in [3.63, 3.8) is 0 Å². The Kier molecular flexibility index (Phi) is 3.95. The van der Waals surface area contributed by atoms with Crippen LogP contribution in [0.4, 0.5) is 0 Å². The number of amidine groups is 1. The summed E-state index contributed by atoms with van der Waals surface area (Å²) in [7, 11) is 0. The van der Waals surface area contributed by atoms with Gasteiger partial charge in [0.1, 0.15) is 0 Å². The van der Waals surface area contributed by atoms with Crippen molar-refractivity contribution in [1.29, 1.82) is 0 Å². The van der Waals surface area contributed by atoms with Gasteiger partial charge in [0, 0.05) is 18.3 Å². The predicted molar refractivity (Wildman–Crippen MR) is 68.5 cm³/mol. The molecular weight excluding hydrogens is 204 g/mol. The summed E-state index contributed by atoms with van der Waals surface area (Å²) in [6, 6.07) is 0.681. The minimum Gasteiger partial charge on any atom is -0.362 e. The Hall–Kier alpha value is -0.180. The third kappa shape index (κ3) is 3.13. The fourth-order valence-electron chi connectivity index (χ4n) is 2.40. The molecule has 3 heteroatoms. The normalized spacial score (nSPS) is 37.2. The topological polar surface area (TPSA) is 24.4 Å². The van der Waals surface area contributed by atoms with Crippen LogP contribution in [0, 0.1) is 11.8 Å². The minimum atomic E-state index is 0.681. The van der Waals surface area contributed by atoms with E-state index in [1.165, 1.54) is 36.6 Å². The van der Waals surface area contributed by atoms with Crippen molar-refractivity contribution in [3.8, 4) is 0 Å². The van der Waals surface area contributed by atoms with Crippen molar-refractivity contribution in [2.24, 2.45) is 16.8 Å². The molecule has 0 radical (unpaired) electrons. The summed E-state index contributed by atoms with van der Waals surface area (Å²) >= 11 is 1.90. The standard InChI is InChI=1S/C12H22N2S/c1-9-4-5-11(8-10(9)2)14-12-13-6-3-7-15-12/h9-11H,3-8H2,1-2H3,(H,13,14). The maximum Gasteiger partial charge on any atom is 0.156 e. The maximum atomic E-state index is 4.54. The number of nitrogens with zero attached hydrogens (tertiary/aromatic N) is 1. The lowest BCUT2D eigenvalue weighted by molar-refractivity contribution is 0.241. The number of aliphatic imine (C=N–C) groups is 1. The molecule has 1 N–H and O–H groups in total. The smallest absolute Gasteiger partial charge is 0.156 e. The number of nitrogens with one attached hydrogen (secondary N) is 1. The molecule has 15 heavy (non-hydrogen) atoms. The van der Waals surface area contributed by atoms with Gasteiger partial charge in [-0.15, -0.1) is 0 Å². The summed E-state index contributed by atoms with van der Waals surface area (Å²) in [4.78, 5) is 4.54. The van der Waals surface area contributed by atoms with Crippen LogP contribution < -0.4 is 5.32 Å². The molecule has 1 fully saturated rings. The molecule has 0 amide bonds. The van der Waals surface area contributed by atoms with Crippen molar-refractivity contribution < 1.29 is 0 Å². The zero-order chi connectivity index (χ0) is 10.7. The maximum absolute atomic E-state index is 4.54. The fourth-order valence-corrected chi connectivity index (χ4v) is 3.30. The molecule has 1 saturated carbocycles. The monoisotopic (exact) mass is 226 g/mol. The summed E-state index contributed by atoms with van der Waals surface area (Å²) in [6.45, 7) is 5.79. The molecule has 0 saturated heterocycles. The Balaban J connectivity index is 1.82. The highest BCUT2D eigenvalue weighted by molar-refractivity contribution is 8.13. The third-order valence-electron chi connectivity index (χ3n) is 3.72. The quantitative estimate of drug-likeness (QED) is 0.743. The Morgan fingerprint density at radius 3 is 2.80 bits per heavy atom. The van der Waals surface area contributed by atoms with Crippen molar-refractivity contribution in [2.45, 2.75) is 45.6 Å². The van der Waals surface area contributed by atoms with Crippen LogP contribution in [0.1, 0.15) is 39.5 Å². The zero-order valence-corrected chi connectivity index (χ0v) is 10.6. The Bertz CT molecular complexity index is 240. The lowest BCUT2D eigenvalue weighted by Gasteiger charge is -2.33. The summed E-state index contributed by atoms with van der Waals surface area (Å²) < 4.78 is 0. The molecular formula is C12H22N2S. The highest BCUT2D eigenvalue weighted by Gasteiger charge is 2.25. The number of hydrogen-bond acceptors (Lipinski definition) is 3. The molecule has 2 aliphatic rings. The van der Waals surface area contributed by atoms with Gasteiger partial charge in [0.25, 0.3) is 0 Å². The van der Waals surface area contributed by atoms with Gasteiger partial charge in [-0.05, 0) is 37.5 Å². The van der Waals surface area contributed by atoms with Gasteiger partial charge in [0.15, 0.2) is 5.17 Å². The Morgan fingerprint density at radius 2 is 2.13 bits per heavy atom. The van der Waals surface area contributed by atoms with Crippen molar-refractivity contribution >= 4 is 16.9 Å². The molecule has 0 aromatic heterocycles. The lowest BCUT2D eigenvalue weighted by atomic mass is 9.79. The summed E-state index contributed by atoms with van der Waals surface area (Å²) in [5, 5.41) is 4.82. The molecule has 0 aromatic carbocycles. The van der Waals surface area contributed by atoms with Crippen LogP contribution in [0.15, 0.2) is 4.99 Å². The van der Waals surface area contributed by atoms with Crippen LogP contribution >= 0.6 is 11.8 Å². The second-order valence-electron chi connectivity index (χ2n) is 5.00. The molecule has 0 bridgehead atoms. The van der Waals surface area contributed by atoms with Gasteiger partial charge in [0.05, 0.1) is 0 Å². The third-order valence-corrected chi connectivity index (χ3v) is 4.74. The minimum absolute atomic E-state index is 0.681. The fraction of sp³-hybridized carbons (Fsp3) is 0.917. The first-order valence-electron chi connectivity index (χ1n) is 6.19. The van der Waals surface area contributed by atoms with E-state index >= 15 is 0 Å².